The summed E-state index contributed by atoms with van der Waals surface area (Å²) >= 11 is 0. The van der Waals surface area contributed by atoms with Gasteiger partial charge in [0.05, 0.1) is 0 Å². The second kappa shape index (κ2) is 8.74. The Kier molecular flexibility index (Phi) is 6.66. The molecule has 0 aliphatic heterocycles. The van der Waals surface area contributed by atoms with Gasteiger partial charge in [0, 0.05) is 48.7 Å². The predicted octanol–water partition coefficient (Wildman–Crippen LogP) is 2.35. The molecule has 0 aliphatic carbocycles. The molecule has 2 aromatic rings. The standard InChI is InChI=1S/C20H31N5O/c1-14-15(16-8-6-7-9-17(16)25-14)10-11-23-19(21-5)24-13-12-22-18(26)20(2,3)4/h6-9,25H,10-13H2,1-5H3,(H,22,26)(H2,21,23,24). The first-order valence-electron chi connectivity index (χ1n) is 9.12. The number of nitrogens with zero attached hydrogens (tertiary/aromatic N) is 1. The number of aryl methyl sites for hydroxylation is 1. The monoisotopic (exact) mass is 357 g/mol. The van der Waals surface area contributed by atoms with Gasteiger partial charge in [-0.1, -0.05) is 39.0 Å². The van der Waals surface area contributed by atoms with Crippen molar-refractivity contribution in [2.75, 3.05) is 26.7 Å². The number of amides is 1. The van der Waals surface area contributed by atoms with Gasteiger partial charge < -0.3 is 20.9 Å². The highest BCUT2D eigenvalue weighted by molar-refractivity contribution is 5.85. The molecule has 0 atom stereocenters. The predicted molar refractivity (Wildman–Crippen MR) is 109 cm³/mol. The lowest BCUT2D eigenvalue weighted by atomic mass is 9.96. The van der Waals surface area contributed by atoms with Crippen molar-refractivity contribution >= 4 is 22.8 Å². The first-order valence-corrected chi connectivity index (χ1v) is 9.12. The third-order valence-electron chi connectivity index (χ3n) is 4.30. The minimum atomic E-state index is -0.364. The third-order valence-corrected chi connectivity index (χ3v) is 4.30. The number of carbonyl (C=O) groups is 1. The van der Waals surface area contributed by atoms with Gasteiger partial charge in [0.1, 0.15) is 0 Å². The maximum atomic E-state index is 11.8. The van der Waals surface area contributed by atoms with Crippen molar-refractivity contribution in [3.63, 3.8) is 0 Å². The maximum absolute atomic E-state index is 11.8. The third kappa shape index (κ3) is 5.25. The molecule has 1 aromatic carbocycles. The van der Waals surface area contributed by atoms with Gasteiger partial charge in [0.2, 0.25) is 5.91 Å². The molecule has 142 valence electrons. The minimum absolute atomic E-state index is 0.0528. The molecule has 1 amide bonds. The van der Waals surface area contributed by atoms with Crippen LogP contribution in [0.5, 0.6) is 0 Å². The molecule has 6 heteroatoms. The number of guanidine groups is 1. The summed E-state index contributed by atoms with van der Waals surface area (Å²) in [6, 6.07) is 8.37. The molecule has 0 radical (unpaired) electrons. The molecule has 0 unspecified atom stereocenters. The van der Waals surface area contributed by atoms with Gasteiger partial charge in [0.15, 0.2) is 5.96 Å². The van der Waals surface area contributed by atoms with E-state index in [1.807, 2.05) is 26.8 Å². The van der Waals surface area contributed by atoms with Crippen molar-refractivity contribution in [3.8, 4) is 0 Å². The van der Waals surface area contributed by atoms with Crippen LogP contribution >= 0.6 is 0 Å². The van der Waals surface area contributed by atoms with Crippen LogP contribution in [0.25, 0.3) is 10.9 Å². The Morgan fingerprint density at radius 1 is 1.08 bits per heavy atom. The first-order chi connectivity index (χ1) is 12.3. The van der Waals surface area contributed by atoms with Gasteiger partial charge in [0.25, 0.3) is 0 Å². The van der Waals surface area contributed by atoms with Crippen molar-refractivity contribution in [3.05, 3.63) is 35.5 Å². The number of rotatable bonds is 6. The molecule has 0 spiro atoms. The van der Waals surface area contributed by atoms with E-state index >= 15 is 0 Å². The zero-order chi connectivity index (χ0) is 19.2. The highest BCUT2D eigenvalue weighted by Crippen LogP contribution is 2.21. The quantitative estimate of drug-likeness (QED) is 0.364. The van der Waals surface area contributed by atoms with E-state index in [0.717, 1.165) is 18.9 Å². The zero-order valence-electron chi connectivity index (χ0n) is 16.5. The van der Waals surface area contributed by atoms with Crippen molar-refractivity contribution in [2.45, 2.75) is 34.1 Å². The van der Waals surface area contributed by atoms with Crippen molar-refractivity contribution in [1.29, 1.82) is 0 Å². The summed E-state index contributed by atoms with van der Waals surface area (Å²) in [6.07, 6.45) is 0.914. The van der Waals surface area contributed by atoms with E-state index in [1.165, 1.54) is 22.2 Å². The Bertz CT molecular complexity index is 770. The Balaban J connectivity index is 1.77. The first kappa shape index (κ1) is 19.8. The molecule has 0 fully saturated rings. The molecular formula is C20H31N5O. The van der Waals surface area contributed by atoms with Gasteiger partial charge in [-0.25, -0.2) is 0 Å². The highest BCUT2D eigenvalue weighted by atomic mass is 16.2. The highest BCUT2D eigenvalue weighted by Gasteiger charge is 2.20. The number of nitrogens with one attached hydrogen (secondary N) is 4. The second-order valence-electron chi connectivity index (χ2n) is 7.46. The van der Waals surface area contributed by atoms with Crippen LogP contribution in [-0.2, 0) is 11.2 Å². The summed E-state index contributed by atoms with van der Waals surface area (Å²) in [5, 5.41) is 10.8. The van der Waals surface area contributed by atoms with Gasteiger partial charge in [-0.3, -0.25) is 9.79 Å². The number of hydrogen-bond donors (Lipinski definition) is 4. The summed E-state index contributed by atoms with van der Waals surface area (Å²) in [4.78, 5) is 19.5. The number of aromatic amines is 1. The number of aromatic nitrogens is 1. The number of H-pyrrole nitrogens is 1. The SMILES string of the molecule is CN=C(NCCNC(=O)C(C)(C)C)NCCc1c(C)[nH]c2ccccc12. The van der Waals surface area contributed by atoms with E-state index < -0.39 is 0 Å². The minimum Gasteiger partial charge on any atom is -0.358 e. The molecular weight excluding hydrogens is 326 g/mol. The normalized spacial score (nSPS) is 12.3. The van der Waals surface area contributed by atoms with E-state index in [2.05, 4.69) is 51.0 Å². The second-order valence-corrected chi connectivity index (χ2v) is 7.46. The number of carbonyl (C=O) groups excluding carboxylic acids is 1. The zero-order valence-corrected chi connectivity index (χ0v) is 16.5. The molecule has 6 nitrogen and oxygen atoms in total. The molecule has 2 rings (SSSR count). The Labute approximate surface area is 155 Å². The van der Waals surface area contributed by atoms with Crippen LogP contribution in [0.3, 0.4) is 0 Å². The van der Waals surface area contributed by atoms with E-state index in [-0.39, 0.29) is 11.3 Å². The van der Waals surface area contributed by atoms with Crippen LogP contribution in [0.15, 0.2) is 29.3 Å². The van der Waals surface area contributed by atoms with Gasteiger partial charge >= 0.3 is 0 Å². The molecule has 4 N–H and O–H groups in total. The van der Waals surface area contributed by atoms with Crippen molar-refractivity contribution in [2.24, 2.45) is 10.4 Å². The molecule has 0 saturated carbocycles. The average Bonchev–Trinajstić information content (AvgIpc) is 2.91. The average molecular weight is 358 g/mol. The van der Waals surface area contributed by atoms with E-state index in [0.29, 0.717) is 13.1 Å². The lowest BCUT2D eigenvalue weighted by molar-refractivity contribution is -0.128. The fourth-order valence-corrected chi connectivity index (χ4v) is 2.81. The Morgan fingerprint density at radius 2 is 1.73 bits per heavy atom. The van der Waals surface area contributed by atoms with Crippen LogP contribution < -0.4 is 16.0 Å². The topological polar surface area (TPSA) is 81.3 Å². The smallest absolute Gasteiger partial charge is 0.225 e. The Morgan fingerprint density at radius 3 is 2.42 bits per heavy atom. The molecule has 0 aliphatic rings. The fourth-order valence-electron chi connectivity index (χ4n) is 2.81. The summed E-state index contributed by atoms with van der Waals surface area (Å²) in [6.45, 7) is 9.82. The lowest BCUT2D eigenvalue weighted by Crippen LogP contribution is -2.43. The molecule has 0 bridgehead atoms. The molecule has 1 aromatic heterocycles. The number of hydrogen-bond acceptors (Lipinski definition) is 2. The van der Waals surface area contributed by atoms with Crippen molar-refractivity contribution in [1.82, 2.24) is 20.9 Å². The summed E-state index contributed by atoms with van der Waals surface area (Å²) in [5.41, 5.74) is 3.36. The van der Waals surface area contributed by atoms with Gasteiger partial charge in [-0.2, -0.15) is 0 Å². The lowest BCUT2D eigenvalue weighted by Gasteiger charge is -2.18. The maximum Gasteiger partial charge on any atom is 0.225 e. The fraction of sp³-hybridized carbons (Fsp3) is 0.500. The van der Waals surface area contributed by atoms with Crippen LogP contribution in [0.1, 0.15) is 32.0 Å². The van der Waals surface area contributed by atoms with Crippen LogP contribution in [0.2, 0.25) is 0 Å². The van der Waals surface area contributed by atoms with Gasteiger partial charge in [-0.15, -0.1) is 0 Å². The van der Waals surface area contributed by atoms with E-state index in [9.17, 15) is 4.79 Å². The van der Waals surface area contributed by atoms with Crippen LogP contribution in [0.4, 0.5) is 0 Å². The summed E-state index contributed by atoms with van der Waals surface area (Å²) in [7, 11) is 1.75. The summed E-state index contributed by atoms with van der Waals surface area (Å²) < 4.78 is 0. The number of fused-ring (bicyclic) bond motifs is 1. The van der Waals surface area contributed by atoms with Gasteiger partial charge in [-0.05, 0) is 25.0 Å². The van der Waals surface area contributed by atoms with Crippen LogP contribution in [-0.4, -0.2) is 43.5 Å². The molecule has 0 saturated heterocycles. The van der Waals surface area contributed by atoms with Crippen LogP contribution in [0, 0.1) is 12.3 Å². The van der Waals surface area contributed by atoms with E-state index in [1.54, 1.807) is 7.05 Å². The number of para-hydroxylation sites is 1. The van der Waals surface area contributed by atoms with E-state index in [4.69, 9.17) is 0 Å². The molecule has 26 heavy (non-hydrogen) atoms. The molecule has 1 heterocycles. The summed E-state index contributed by atoms with van der Waals surface area (Å²) in [5.74, 6) is 0.796. The largest absolute Gasteiger partial charge is 0.358 e. The Hall–Kier alpha value is -2.50. The number of aliphatic imine (C=N–C) groups is 1. The van der Waals surface area contributed by atoms with Crippen molar-refractivity contribution < 1.29 is 4.79 Å². The number of benzene rings is 1.